The summed E-state index contributed by atoms with van der Waals surface area (Å²) < 4.78 is 35.6. The maximum absolute atomic E-state index is 11.9. The molecular formula is C10H15F3N2O. The first-order chi connectivity index (χ1) is 7.46. The van der Waals surface area contributed by atoms with E-state index in [4.69, 9.17) is 0 Å². The quantitative estimate of drug-likeness (QED) is 0.773. The predicted molar refractivity (Wildman–Crippen MR) is 51.7 cm³/mol. The van der Waals surface area contributed by atoms with Gasteiger partial charge in [-0.15, -0.1) is 0 Å². The molecule has 3 atom stereocenters. The zero-order valence-electron chi connectivity index (χ0n) is 8.81. The number of carbonyl (C=O) groups excluding carboxylic acids is 1. The lowest BCUT2D eigenvalue weighted by Crippen LogP contribution is -2.38. The van der Waals surface area contributed by atoms with Crippen LogP contribution in [0.5, 0.6) is 0 Å². The summed E-state index contributed by atoms with van der Waals surface area (Å²) in [4.78, 5) is 11.6. The van der Waals surface area contributed by atoms with Gasteiger partial charge in [0.25, 0.3) is 0 Å². The molecule has 2 N–H and O–H groups in total. The minimum absolute atomic E-state index is 0.132. The van der Waals surface area contributed by atoms with Gasteiger partial charge in [-0.2, -0.15) is 13.2 Å². The Hall–Kier alpha value is -0.780. The molecule has 2 bridgehead atoms. The number of hydrogen-bond donors (Lipinski definition) is 2. The molecule has 2 aliphatic heterocycles. The van der Waals surface area contributed by atoms with Crippen molar-refractivity contribution in [3.05, 3.63) is 0 Å². The molecule has 1 amide bonds. The minimum atomic E-state index is -4.19. The molecule has 0 aromatic rings. The van der Waals surface area contributed by atoms with Crippen molar-refractivity contribution in [3.63, 3.8) is 0 Å². The Kier molecular flexibility index (Phi) is 3.10. The third-order valence-corrected chi connectivity index (χ3v) is 3.34. The summed E-state index contributed by atoms with van der Waals surface area (Å²) in [5.74, 6) is -0.365. The normalized spacial score (nSPS) is 33.1. The summed E-state index contributed by atoms with van der Waals surface area (Å²) in [5.41, 5.74) is 0. The molecule has 2 rings (SSSR count). The van der Waals surface area contributed by atoms with Gasteiger partial charge in [-0.1, -0.05) is 0 Å². The molecule has 3 nitrogen and oxygen atoms in total. The summed E-state index contributed by atoms with van der Waals surface area (Å²) in [6.07, 6.45) is -2.34. The first kappa shape index (κ1) is 11.7. The zero-order chi connectivity index (χ0) is 11.8. The van der Waals surface area contributed by atoms with Crippen LogP contribution in [-0.2, 0) is 4.79 Å². The second kappa shape index (κ2) is 4.24. The lowest BCUT2D eigenvalue weighted by Gasteiger charge is -2.19. The molecule has 2 fully saturated rings. The van der Waals surface area contributed by atoms with Crippen molar-refractivity contribution in [2.45, 2.75) is 43.9 Å². The van der Waals surface area contributed by atoms with E-state index >= 15 is 0 Å². The van der Waals surface area contributed by atoms with Crippen molar-refractivity contribution in [2.75, 3.05) is 6.54 Å². The average Bonchev–Trinajstić information content (AvgIpc) is 2.76. The van der Waals surface area contributed by atoms with Crippen LogP contribution in [0.15, 0.2) is 0 Å². The van der Waals surface area contributed by atoms with Crippen LogP contribution in [0.2, 0.25) is 0 Å². The van der Waals surface area contributed by atoms with Crippen molar-refractivity contribution in [3.8, 4) is 0 Å². The molecule has 3 unspecified atom stereocenters. The van der Waals surface area contributed by atoms with Crippen LogP contribution in [0.3, 0.4) is 0 Å². The zero-order valence-corrected chi connectivity index (χ0v) is 8.81. The molecule has 2 aliphatic rings. The Morgan fingerprint density at radius 3 is 2.62 bits per heavy atom. The van der Waals surface area contributed by atoms with Crippen LogP contribution in [0.4, 0.5) is 13.2 Å². The average molecular weight is 236 g/mol. The fourth-order valence-corrected chi connectivity index (χ4v) is 2.57. The molecule has 16 heavy (non-hydrogen) atoms. The number of carbonyl (C=O) groups is 1. The summed E-state index contributed by atoms with van der Waals surface area (Å²) in [7, 11) is 0. The smallest absolute Gasteiger partial charge is 0.355 e. The fourth-order valence-electron chi connectivity index (χ4n) is 2.57. The number of rotatable bonds is 3. The monoisotopic (exact) mass is 236 g/mol. The molecular weight excluding hydrogens is 221 g/mol. The van der Waals surface area contributed by atoms with Gasteiger partial charge in [0, 0.05) is 18.6 Å². The number of halogens is 3. The predicted octanol–water partition coefficient (Wildman–Crippen LogP) is 1.20. The third-order valence-electron chi connectivity index (χ3n) is 3.34. The lowest BCUT2D eigenvalue weighted by molar-refractivity contribution is -0.136. The van der Waals surface area contributed by atoms with Crippen LogP contribution in [0.1, 0.15) is 25.7 Å². The highest BCUT2D eigenvalue weighted by Crippen LogP contribution is 2.33. The van der Waals surface area contributed by atoms with Crippen molar-refractivity contribution < 1.29 is 18.0 Å². The van der Waals surface area contributed by atoms with Crippen LogP contribution in [0.25, 0.3) is 0 Å². The molecule has 6 heteroatoms. The van der Waals surface area contributed by atoms with E-state index in [1.807, 2.05) is 0 Å². The van der Waals surface area contributed by atoms with Gasteiger partial charge in [-0.3, -0.25) is 4.79 Å². The standard InChI is InChI=1S/C10H15F3N2O/c11-10(12,13)3-4-14-9(16)7-5-6-1-2-8(7)15-6/h6-8,15H,1-5H2,(H,14,16). The minimum Gasteiger partial charge on any atom is -0.355 e. The Bertz CT molecular complexity index is 280. The Morgan fingerprint density at radius 1 is 1.38 bits per heavy atom. The largest absolute Gasteiger partial charge is 0.390 e. The van der Waals surface area contributed by atoms with Gasteiger partial charge in [-0.25, -0.2) is 0 Å². The summed E-state index contributed by atoms with van der Waals surface area (Å²) in [6.45, 7) is -0.309. The van der Waals surface area contributed by atoms with E-state index in [1.54, 1.807) is 0 Å². The highest BCUT2D eigenvalue weighted by molar-refractivity contribution is 5.80. The van der Waals surface area contributed by atoms with E-state index in [0.29, 0.717) is 6.04 Å². The molecule has 2 saturated heterocycles. The van der Waals surface area contributed by atoms with E-state index in [2.05, 4.69) is 10.6 Å². The maximum atomic E-state index is 11.9. The lowest BCUT2D eigenvalue weighted by atomic mass is 9.88. The molecule has 0 saturated carbocycles. The molecule has 0 radical (unpaired) electrons. The third kappa shape index (κ3) is 2.66. The SMILES string of the molecule is O=C(NCCC(F)(F)F)C1CC2CCC1N2. The number of hydrogen-bond acceptors (Lipinski definition) is 2. The molecule has 0 aliphatic carbocycles. The summed E-state index contributed by atoms with van der Waals surface area (Å²) in [6, 6.07) is 0.569. The van der Waals surface area contributed by atoms with Crippen LogP contribution in [0, 0.1) is 5.92 Å². The van der Waals surface area contributed by atoms with Gasteiger partial charge in [0.2, 0.25) is 5.91 Å². The first-order valence-electron chi connectivity index (χ1n) is 5.56. The Morgan fingerprint density at radius 2 is 2.12 bits per heavy atom. The van der Waals surface area contributed by atoms with Crippen molar-refractivity contribution in [2.24, 2.45) is 5.92 Å². The number of amides is 1. The van der Waals surface area contributed by atoms with Gasteiger partial charge in [-0.05, 0) is 19.3 Å². The van der Waals surface area contributed by atoms with E-state index in [0.717, 1.165) is 19.3 Å². The molecule has 92 valence electrons. The van der Waals surface area contributed by atoms with Crippen molar-refractivity contribution in [1.82, 2.24) is 10.6 Å². The topological polar surface area (TPSA) is 41.1 Å². The second-order valence-electron chi connectivity index (χ2n) is 4.55. The molecule has 0 aromatic carbocycles. The molecule has 0 spiro atoms. The highest BCUT2D eigenvalue weighted by Gasteiger charge is 2.42. The van der Waals surface area contributed by atoms with Gasteiger partial charge in [0.05, 0.1) is 12.3 Å². The van der Waals surface area contributed by atoms with Gasteiger partial charge < -0.3 is 10.6 Å². The summed E-state index contributed by atoms with van der Waals surface area (Å²) >= 11 is 0. The van der Waals surface area contributed by atoms with Gasteiger partial charge >= 0.3 is 6.18 Å². The first-order valence-corrected chi connectivity index (χ1v) is 5.56. The van der Waals surface area contributed by atoms with Crippen molar-refractivity contribution in [1.29, 1.82) is 0 Å². The molecule has 0 aromatic heterocycles. The van der Waals surface area contributed by atoms with Crippen LogP contribution < -0.4 is 10.6 Å². The van der Waals surface area contributed by atoms with Crippen LogP contribution in [-0.4, -0.2) is 30.7 Å². The van der Waals surface area contributed by atoms with Crippen molar-refractivity contribution >= 4 is 5.91 Å². The molecule has 2 heterocycles. The number of alkyl halides is 3. The Labute approximate surface area is 91.8 Å². The fraction of sp³-hybridized carbons (Fsp3) is 0.900. The Balaban J connectivity index is 1.73. The van der Waals surface area contributed by atoms with E-state index < -0.39 is 12.6 Å². The maximum Gasteiger partial charge on any atom is 0.390 e. The van der Waals surface area contributed by atoms with E-state index in [1.165, 1.54) is 0 Å². The summed E-state index contributed by atoms with van der Waals surface area (Å²) in [5, 5.41) is 5.65. The second-order valence-corrected chi connectivity index (χ2v) is 4.55. The number of nitrogens with one attached hydrogen (secondary N) is 2. The number of fused-ring (bicyclic) bond motifs is 2. The van der Waals surface area contributed by atoms with E-state index in [9.17, 15) is 18.0 Å². The van der Waals surface area contributed by atoms with Gasteiger partial charge in [0.15, 0.2) is 0 Å². The highest BCUT2D eigenvalue weighted by atomic mass is 19.4. The van der Waals surface area contributed by atoms with Gasteiger partial charge in [0.1, 0.15) is 0 Å². The van der Waals surface area contributed by atoms with Crippen LogP contribution >= 0.6 is 0 Å². The van der Waals surface area contributed by atoms with E-state index in [-0.39, 0.29) is 24.4 Å².